The maximum Gasteiger partial charge on any atom is 0.306 e. The Labute approximate surface area is 276 Å². The lowest BCUT2D eigenvalue weighted by atomic mass is 9.99. The van der Waals surface area contributed by atoms with Crippen LogP contribution in [0.2, 0.25) is 0 Å². The number of ether oxygens (including phenoxy) is 1. The van der Waals surface area contributed by atoms with Crippen molar-refractivity contribution in [3.05, 3.63) is 106 Å². The minimum atomic E-state index is -1.13. The normalized spacial score (nSPS) is 12.3. The number of halogens is 2. The molecule has 0 saturated carbocycles. The van der Waals surface area contributed by atoms with Crippen LogP contribution in [0.1, 0.15) is 83.0 Å². The van der Waals surface area contributed by atoms with Crippen molar-refractivity contribution in [2.24, 2.45) is 0 Å². The predicted molar refractivity (Wildman–Crippen MR) is 178 cm³/mol. The van der Waals surface area contributed by atoms with Gasteiger partial charge in [0.2, 0.25) is 0 Å². The van der Waals surface area contributed by atoms with E-state index in [2.05, 4.69) is 10.6 Å². The number of carbonyl (C=O) groups is 3. The minimum absolute atomic E-state index is 0.0367. The molecule has 0 aliphatic carbocycles. The van der Waals surface area contributed by atoms with Gasteiger partial charge in [-0.25, -0.2) is 8.78 Å². The maximum atomic E-state index is 14.0. The first-order chi connectivity index (χ1) is 22.5. The molecule has 0 bridgehead atoms. The zero-order valence-electron chi connectivity index (χ0n) is 27.8. The van der Waals surface area contributed by atoms with Gasteiger partial charge < -0.3 is 25.4 Å². The topological polar surface area (TPSA) is 108 Å². The first-order valence-electron chi connectivity index (χ1n) is 16.3. The van der Waals surface area contributed by atoms with E-state index >= 15 is 0 Å². The number of aliphatic hydroxyl groups excluding tert-OH is 1. The number of hydrogen-bond acceptors (Lipinski definition) is 6. The lowest BCUT2D eigenvalue weighted by Gasteiger charge is -2.25. The van der Waals surface area contributed by atoms with Crippen LogP contribution in [-0.2, 0) is 28.9 Å². The Morgan fingerprint density at radius 2 is 1.53 bits per heavy atom. The summed E-state index contributed by atoms with van der Waals surface area (Å²) in [5, 5.41) is 17.3. The summed E-state index contributed by atoms with van der Waals surface area (Å²) in [4.78, 5) is 40.4. The van der Waals surface area contributed by atoms with Gasteiger partial charge in [0.1, 0.15) is 11.6 Å². The summed E-state index contributed by atoms with van der Waals surface area (Å²) in [6.07, 6.45) is 1.26. The van der Waals surface area contributed by atoms with Crippen LogP contribution < -0.4 is 10.6 Å². The molecule has 2 amide bonds. The van der Waals surface area contributed by atoms with Crippen LogP contribution in [0.4, 0.5) is 8.78 Å². The summed E-state index contributed by atoms with van der Waals surface area (Å²) >= 11 is 0. The first kappa shape index (κ1) is 37.3. The monoisotopic (exact) mass is 651 g/mol. The number of carbonyl (C=O) groups excluding carboxylic acids is 3. The Hall–Kier alpha value is -4.15. The van der Waals surface area contributed by atoms with Crippen LogP contribution in [0.5, 0.6) is 0 Å². The van der Waals surface area contributed by atoms with Gasteiger partial charge in [-0.15, -0.1) is 0 Å². The Balaban J connectivity index is 1.75. The number of hydrogen-bond donors (Lipinski definition) is 3. The van der Waals surface area contributed by atoms with Crippen LogP contribution in [0.25, 0.3) is 0 Å². The molecule has 254 valence electrons. The fourth-order valence-electron chi connectivity index (χ4n) is 5.47. The van der Waals surface area contributed by atoms with E-state index in [1.807, 2.05) is 38.1 Å². The number of benzene rings is 3. The van der Waals surface area contributed by atoms with Gasteiger partial charge in [0, 0.05) is 49.8 Å². The van der Waals surface area contributed by atoms with Crippen molar-refractivity contribution in [2.75, 3.05) is 26.2 Å². The van der Waals surface area contributed by atoms with Crippen molar-refractivity contribution < 1.29 is 33.0 Å². The van der Waals surface area contributed by atoms with Crippen LogP contribution in [0.3, 0.4) is 0 Å². The lowest BCUT2D eigenvalue weighted by Crippen LogP contribution is -2.48. The van der Waals surface area contributed by atoms with Gasteiger partial charge >= 0.3 is 5.97 Å². The van der Waals surface area contributed by atoms with E-state index in [0.717, 1.165) is 35.6 Å². The number of rotatable bonds is 18. The second kappa shape index (κ2) is 18.9. The Morgan fingerprint density at radius 3 is 2.19 bits per heavy atom. The molecule has 3 aromatic rings. The van der Waals surface area contributed by atoms with Gasteiger partial charge in [0.05, 0.1) is 18.8 Å². The van der Waals surface area contributed by atoms with E-state index in [1.54, 1.807) is 36.9 Å². The van der Waals surface area contributed by atoms with Crippen molar-refractivity contribution in [2.45, 2.75) is 78.5 Å². The van der Waals surface area contributed by atoms with Gasteiger partial charge in [-0.1, -0.05) is 38.1 Å². The molecular weight excluding hydrogens is 604 g/mol. The molecule has 0 saturated heterocycles. The predicted octanol–water partition coefficient (Wildman–Crippen LogP) is 5.52. The number of aliphatic hydroxyl groups is 1. The average molecular weight is 652 g/mol. The summed E-state index contributed by atoms with van der Waals surface area (Å²) in [6.45, 7) is 9.58. The molecule has 0 radical (unpaired) electrons. The third-order valence-electron chi connectivity index (χ3n) is 7.62. The molecule has 0 spiro atoms. The van der Waals surface area contributed by atoms with Crippen molar-refractivity contribution in [1.82, 2.24) is 15.5 Å². The molecule has 3 rings (SSSR count). The van der Waals surface area contributed by atoms with Gasteiger partial charge in [-0.05, 0) is 92.1 Å². The second-order valence-electron chi connectivity index (χ2n) is 11.8. The molecule has 2 atom stereocenters. The highest BCUT2D eigenvalue weighted by atomic mass is 19.1. The molecule has 0 aliphatic rings. The molecule has 3 N–H and O–H groups in total. The molecule has 0 fully saturated rings. The van der Waals surface area contributed by atoms with E-state index in [-0.39, 0.29) is 42.4 Å². The largest absolute Gasteiger partial charge is 0.466 e. The lowest BCUT2D eigenvalue weighted by molar-refractivity contribution is -0.143. The number of nitrogens with zero attached hydrogens (tertiary/aromatic N) is 1. The molecule has 0 aromatic heterocycles. The maximum absolute atomic E-state index is 14.0. The molecule has 2 unspecified atom stereocenters. The Bertz CT molecular complexity index is 1470. The van der Waals surface area contributed by atoms with Crippen LogP contribution >= 0.6 is 0 Å². The minimum Gasteiger partial charge on any atom is -0.466 e. The number of aryl methyl sites for hydroxylation is 2. The Kier molecular flexibility index (Phi) is 15.0. The highest BCUT2D eigenvalue weighted by Crippen LogP contribution is 2.16. The third kappa shape index (κ3) is 12.2. The number of esters is 1. The molecule has 8 nitrogen and oxygen atoms in total. The van der Waals surface area contributed by atoms with E-state index < -0.39 is 29.7 Å². The van der Waals surface area contributed by atoms with Crippen LogP contribution in [0.15, 0.2) is 60.7 Å². The molecule has 0 aliphatic heterocycles. The third-order valence-corrected chi connectivity index (χ3v) is 7.62. The summed E-state index contributed by atoms with van der Waals surface area (Å²) in [7, 11) is 0. The summed E-state index contributed by atoms with van der Waals surface area (Å²) in [6, 6.07) is 14.8. The SMILES string of the molecule is CCCN(CCC)C(=O)c1cc(C)cc(C(=O)NC(Cc2cc(F)cc(F)c2)C(O)CNCc2cccc(CCC(=O)OCC)c2)c1. The summed E-state index contributed by atoms with van der Waals surface area (Å²) in [5.41, 5.74) is 3.55. The van der Waals surface area contributed by atoms with Crippen LogP contribution in [0, 0.1) is 18.6 Å². The van der Waals surface area contributed by atoms with Crippen molar-refractivity contribution in [1.29, 1.82) is 0 Å². The van der Waals surface area contributed by atoms with Crippen LogP contribution in [-0.4, -0.2) is 66.2 Å². The first-order valence-corrected chi connectivity index (χ1v) is 16.3. The van der Waals surface area contributed by atoms with E-state index in [4.69, 9.17) is 4.74 Å². The fraction of sp³-hybridized carbons (Fsp3) is 0.432. The molecule has 3 aromatic carbocycles. The standard InChI is InChI=1S/C37H47F2N3O5/c1-5-13-42(14-6-2)37(46)30-16-25(4)15-29(21-30)36(45)41-33(20-28-18-31(38)22-32(39)19-28)34(43)24-40-23-27-10-8-9-26(17-27)11-12-35(44)47-7-3/h8-10,15-19,21-22,33-34,40,43H,5-7,11-14,20,23-24H2,1-4H3,(H,41,45). The van der Waals surface area contributed by atoms with Crippen molar-refractivity contribution in [3.63, 3.8) is 0 Å². The second-order valence-corrected chi connectivity index (χ2v) is 11.8. The summed E-state index contributed by atoms with van der Waals surface area (Å²) < 4.78 is 33.1. The molecular formula is C37H47F2N3O5. The van der Waals surface area contributed by atoms with Crippen molar-refractivity contribution in [3.8, 4) is 0 Å². The van der Waals surface area contributed by atoms with E-state index in [1.165, 1.54) is 12.1 Å². The fourth-order valence-corrected chi connectivity index (χ4v) is 5.47. The van der Waals surface area contributed by atoms with E-state index in [0.29, 0.717) is 38.2 Å². The molecule has 47 heavy (non-hydrogen) atoms. The molecule has 0 heterocycles. The zero-order chi connectivity index (χ0) is 34.3. The smallest absolute Gasteiger partial charge is 0.306 e. The average Bonchev–Trinajstić information content (AvgIpc) is 3.02. The Morgan fingerprint density at radius 1 is 0.872 bits per heavy atom. The van der Waals surface area contributed by atoms with Gasteiger partial charge in [0.25, 0.3) is 11.8 Å². The molecule has 10 heteroatoms. The zero-order valence-corrected chi connectivity index (χ0v) is 27.8. The highest BCUT2D eigenvalue weighted by molar-refractivity contribution is 6.00. The number of amides is 2. The van der Waals surface area contributed by atoms with E-state index in [9.17, 15) is 28.3 Å². The van der Waals surface area contributed by atoms with Gasteiger partial charge in [-0.2, -0.15) is 0 Å². The van der Waals surface area contributed by atoms with Crippen molar-refractivity contribution >= 4 is 17.8 Å². The van der Waals surface area contributed by atoms with Gasteiger partial charge in [0.15, 0.2) is 0 Å². The number of nitrogens with one attached hydrogen (secondary N) is 2. The highest BCUT2D eigenvalue weighted by Gasteiger charge is 2.24. The van der Waals surface area contributed by atoms with Gasteiger partial charge in [-0.3, -0.25) is 14.4 Å². The quantitative estimate of drug-likeness (QED) is 0.156. The summed E-state index contributed by atoms with van der Waals surface area (Å²) in [5.74, 6) is -2.45.